The first kappa shape index (κ1) is 14.5. The molecule has 2 rings (SSSR count). The predicted molar refractivity (Wildman–Crippen MR) is 77.1 cm³/mol. The summed E-state index contributed by atoms with van der Waals surface area (Å²) in [7, 11) is 2.90. The van der Waals surface area contributed by atoms with Crippen molar-refractivity contribution in [3.8, 4) is 11.5 Å². The van der Waals surface area contributed by atoms with Crippen LogP contribution in [0.3, 0.4) is 0 Å². The van der Waals surface area contributed by atoms with E-state index in [0.29, 0.717) is 17.1 Å². The van der Waals surface area contributed by atoms with Gasteiger partial charge in [-0.2, -0.15) is 0 Å². The Bertz CT molecular complexity index is 656. The average Bonchev–Trinajstić information content (AvgIpc) is 2.46. The van der Waals surface area contributed by atoms with Crippen LogP contribution in [-0.4, -0.2) is 20.0 Å². The number of ketones is 1. The van der Waals surface area contributed by atoms with Crippen molar-refractivity contribution in [3.05, 3.63) is 57.8 Å². The quantitative estimate of drug-likeness (QED) is 0.794. The van der Waals surface area contributed by atoms with Crippen LogP contribution in [0.15, 0.2) is 40.9 Å². The molecule has 0 atom stereocenters. The van der Waals surface area contributed by atoms with Gasteiger partial charge in [0.1, 0.15) is 17.3 Å². The van der Waals surface area contributed by atoms with Gasteiger partial charge >= 0.3 is 0 Å². The van der Waals surface area contributed by atoms with Crippen molar-refractivity contribution < 1.29 is 18.7 Å². The Balaban J connectivity index is 2.48. The van der Waals surface area contributed by atoms with Gasteiger partial charge in [-0.25, -0.2) is 4.39 Å². The van der Waals surface area contributed by atoms with E-state index in [1.807, 2.05) is 0 Å². The number of halogens is 2. The molecule has 0 saturated heterocycles. The summed E-state index contributed by atoms with van der Waals surface area (Å²) in [5, 5.41) is 0. The third-order valence-electron chi connectivity index (χ3n) is 2.83. The largest absolute Gasteiger partial charge is 0.497 e. The first-order valence-corrected chi connectivity index (χ1v) is 6.58. The highest BCUT2D eigenvalue weighted by Gasteiger charge is 2.18. The molecule has 3 nitrogen and oxygen atoms in total. The smallest absolute Gasteiger partial charge is 0.199 e. The second-order valence-electron chi connectivity index (χ2n) is 4.02. The molecule has 5 heteroatoms. The lowest BCUT2D eigenvalue weighted by atomic mass is 10.0. The second-order valence-corrected chi connectivity index (χ2v) is 4.94. The van der Waals surface area contributed by atoms with Gasteiger partial charge in [-0.3, -0.25) is 4.79 Å². The summed E-state index contributed by atoms with van der Waals surface area (Å²) in [5.74, 6) is -0.312. The third-order valence-corrected chi connectivity index (χ3v) is 3.32. The third kappa shape index (κ3) is 2.82. The average molecular weight is 339 g/mol. The van der Waals surface area contributed by atoms with Crippen molar-refractivity contribution in [2.45, 2.75) is 0 Å². The Morgan fingerprint density at radius 1 is 1.05 bits per heavy atom. The molecule has 0 unspecified atom stereocenters. The molecule has 0 radical (unpaired) electrons. The monoisotopic (exact) mass is 338 g/mol. The number of ether oxygens (including phenoxy) is 2. The summed E-state index contributed by atoms with van der Waals surface area (Å²) < 4.78 is 24.7. The molecule has 0 saturated carbocycles. The molecular formula is C15H12BrFO3. The minimum atomic E-state index is -0.628. The zero-order chi connectivity index (χ0) is 14.7. The minimum absolute atomic E-state index is 0.0257. The zero-order valence-corrected chi connectivity index (χ0v) is 12.5. The number of rotatable bonds is 4. The molecule has 0 aromatic heterocycles. The fraction of sp³-hybridized carbons (Fsp3) is 0.133. The molecule has 0 fully saturated rings. The fourth-order valence-electron chi connectivity index (χ4n) is 1.81. The SMILES string of the molecule is COc1ccc(C(=O)c2cc(Br)ccc2OC)c(F)c1. The van der Waals surface area contributed by atoms with E-state index in [1.165, 1.54) is 26.4 Å². The summed E-state index contributed by atoms with van der Waals surface area (Å²) in [6.07, 6.45) is 0. The number of carbonyl (C=O) groups is 1. The lowest BCUT2D eigenvalue weighted by molar-refractivity contribution is 0.103. The summed E-state index contributed by atoms with van der Waals surface area (Å²) in [6, 6.07) is 9.12. The van der Waals surface area contributed by atoms with Gasteiger partial charge in [0.2, 0.25) is 0 Å². The van der Waals surface area contributed by atoms with Crippen molar-refractivity contribution in [3.63, 3.8) is 0 Å². The van der Waals surface area contributed by atoms with Crippen LogP contribution in [-0.2, 0) is 0 Å². The van der Waals surface area contributed by atoms with Gasteiger partial charge in [0.15, 0.2) is 5.78 Å². The van der Waals surface area contributed by atoms with E-state index in [2.05, 4.69) is 15.9 Å². The van der Waals surface area contributed by atoms with Gasteiger partial charge < -0.3 is 9.47 Å². The summed E-state index contributed by atoms with van der Waals surface area (Å²) in [4.78, 5) is 12.4. The van der Waals surface area contributed by atoms with E-state index in [-0.39, 0.29) is 5.56 Å². The zero-order valence-electron chi connectivity index (χ0n) is 10.9. The first-order chi connectivity index (χ1) is 9.56. The van der Waals surface area contributed by atoms with Crippen LogP contribution in [0.2, 0.25) is 0 Å². The first-order valence-electron chi connectivity index (χ1n) is 5.78. The molecular weight excluding hydrogens is 327 g/mol. The Morgan fingerprint density at radius 3 is 2.40 bits per heavy atom. The Hall–Kier alpha value is -1.88. The lowest BCUT2D eigenvalue weighted by Gasteiger charge is -2.09. The van der Waals surface area contributed by atoms with Gasteiger partial charge in [-0.15, -0.1) is 0 Å². The van der Waals surface area contributed by atoms with Crippen molar-refractivity contribution >= 4 is 21.7 Å². The van der Waals surface area contributed by atoms with Crippen molar-refractivity contribution in [1.82, 2.24) is 0 Å². The van der Waals surface area contributed by atoms with Crippen LogP contribution in [0, 0.1) is 5.82 Å². The molecule has 0 heterocycles. The number of carbonyl (C=O) groups excluding carboxylic acids is 1. The Morgan fingerprint density at radius 2 is 1.80 bits per heavy atom. The number of hydrogen-bond acceptors (Lipinski definition) is 3. The highest BCUT2D eigenvalue weighted by atomic mass is 79.9. The van der Waals surface area contributed by atoms with Crippen molar-refractivity contribution in [2.75, 3.05) is 14.2 Å². The maximum Gasteiger partial charge on any atom is 0.199 e. The lowest BCUT2D eigenvalue weighted by Crippen LogP contribution is -2.06. The van der Waals surface area contributed by atoms with Crippen molar-refractivity contribution in [2.24, 2.45) is 0 Å². The standard InChI is InChI=1S/C15H12BrFO3/c1-19-10-4-5-11(13(17)8-10)15(18)12-7-9(16)3-6-14(12)20-2/h3-8H,1-2H3. The van der Waals surface area contributed by atoms with Gasteiger partial charge in [-0.05, 0) is 30.3 Å². The highest BCUT2D eigenvalue weighted by Crippen LogP contribution is 2.27. The summed E-state index contributed by atoms with van der Waals surface area (Å²) >= 11 is 3.29. The van der Waals surface area contributed by atoms with Crippen molar-refractivity contribution in [1.29, 1.82) is 0 Å². The van der Waals surface area contributed by atoms with E-state index in [1.54, 1.807) is 24.3 Å². The van der Waals surface area contributed by atoms with Gasteiger partial charge in [0.25, 0.3) is 0 Å². The second kappa shape index (κ2) is 6.05. The Kier molecular flexibility index (Phi) is 4.39. The molecule has 0 bridgehead atoms. The Labute approximate surface area is 124 Å². The number of benzene rings is 2. The molecule has 0 aliphatic carbocycles. The number of hydrogen-bond donors (Lipinski definition) is 0. The van der Waals surface area contributed by atoms with E-state index in [4.69, 9.17) is 9.47 Å². The van der Waals surface area contributed by atoms with Crippen LogP contribution in [0.1, 0.15) is 15.9 Å². The molecule has 0 amide bonds. The molecule has 2 aromatic rings. The van der Waals surface area contributed by atoms with E-state index in [9.17, 15) is 9.18 Å². The van der Waals surface area contributed by atoms with E-state index < -0.39 is 11.6 Å². The molecule has 104 valence electrons. The van der Waals surface area contributed by atoms with Gasteiger partial charge in [-0.1, -0.05) is 15.9 Å². The maximum atomic E-state index is 14.0. The highest BCUT2D eigenvalue weighted by molar-refractivity contribution is 9.10. The van der Waals surface area contributed by atoms with E-state index in [0.717, 1.165) is 4.47 Å². The molecule has 0 aliphatic heterocycles. The maximum absolute atomic E-state index is 14.0. The van der Waals surface area contributed by atoms with Crippen LogP contribution in [0.4, 0.5) is 4.39 Å². The van der Waals surface area contributed by atoms with Gasteiger partial charge in [0.05, 0.1) is 25.3 Å². The summed E-state index contributed by atoms with van der Waals surface area (Å²) in [6.45, 7) is 0. The molecule has 0 N–H and O–H groups in total. The van der Waals surface area contributed by atoms with E-state index >= 15 is 0 Å². The van der Waals surface area contributed by atoms with Crippen LogP contribution in [0.5, 0.6) is 11.5 Å². The molecule has 20 heavy (non-hydrogen) atoms. The molecule has 0 spiro atoms. The van der Waals surface area contributed by atoms with Crippen LogP contribution >= 0.6 is 15.9 Å². The normalized spacial score (nSPS) is 10.2. The van der Waals surface area contributed by atoms with Gasteiger partial charge in [0, 0.05) is 10.5 Å². The fourth-order valence-corrected chi connectivity index (χ4v) is 2.17. The minimum Gasteiger partial charge on any atom is -0.497 e. The number of methoxy groups -OCH3 is 2. The van der Waals surface area contributed by atoms with Crippen LogP contribution < -0.4 is 9.47 Å². The molecule has 2 aromatic carbocycles. The topological polar surface area (TPSA) is 35.5 Å². The summed E-state index contributed by atoms with van der Waals surface area (Å²) in [5.41, 5.74) is 0.271. The predicted octanol–water partition coefficient (Wildman–Crippen LogP) is 3.84. The van der Waals surface area contributed by atoms with Crippen LogP contribution in [0.25, 0.3) is 0 Å². The molecule has 0 aliphatic rings.